The van der Waals surface area contributed by atoms with Gasteiger partial charge in [-0.3, -0.25) is 14.4 Å². The van der Waals surface area contributed by atoms with Crippen LogP contribution in [0.1, 0.15) is 52.5 Å². The summed E-state index contributed by atoms with van der Waals surface area (Å²) in [4.78, 5) is 37.6. The Bertz CT molecular complexity index is 806. The smallest absolute Gasteiger partial charge is 0.306 e. The van der Waals surface area contributed by atoms with Gasteiger partial charge in [-0.1, -0.05) is 44.0 Å². The summed E-state index contributed by atoms with van der Waals surface area (Å²) in [5.74, 6) is -1.86. The molecule has 0 radical (unpaired) electrons. The number of anilines is 1. The van der Waals surface area contributed by atoms with Crippen molar-refractivity contribution in [3.63, 3.8) is 0 Å². The summed E-state index contributed by atoms with van der Waals surface area (Å²) >= 11 is 0. The maximum Gasteiger partial charge on any atom is 0.306 e. The number of unbranched alkanes of at least 4 members (excludes halogenated alkanes) is 1. The second-order valence-corrected chi connectivity index (χ2v) is 6.54. The molecule has 2 aromatic carbocycles. The van der Waals surface area contributed by atoms with E-state index in [-0.39, 0.29) is 11.8 Å². The Kier molecular flexibility index (Phi) is 5.16. The molecule has 2 aromatic rings. The van der Waals surface area contributed by atoms with Gasteiger partial charge in [0.15, 0.2) is 0 Å². The summed E-state index contributed by atoms with van der Waals surface area (Å²) < 4.78 is 0. The van der Waals surface area contributed by atoms with Crippen LogP contribution in [-0.4, -0.2) is 22.9 Å². The molecule has 0 aliphatic carbocycles. The fourth-order valence-electron chi connectivity index (χ4n) is 3.25. The van der Waals surface area contributed by atoms with Gasteiger partial charge in [0, 0.05) is 0 Å². The zero-order chi connectivity index (χ0) is 18.7. The Morgan fingerprint density at radius 1 is 1.00 bits per heavy atom. The number of hydrogen-bond donors (Lipinski definition) is 1. The van der Waals surface area contributed by atoms with Gasteiger partial charge in [0.2, 0.25) is 0 Å². The SMILES string of the molecule is CCCCC(Cc1ccc(N2C(=O)c3ccccc3C2=O)cc1)C(=O)O. The fraction of sp³-hybridized carbons (Fsp3) is 0.286. The van der Waals surface area contributed by atoms with E-state index in [1.165, 1.54) is 4.90 Å². The largest absolute Gasteiger partial charge is 0.481 e. The second kappa shape index (κ2) is 7.52. The Morgan fingerprint density at radius 3 is 2.08 bits per heavy atom. The second-order valence-electron chi connectivity index (χ2n) is 6.54. The van der Waals surface area contributed by atoms with Crippen LogP contribution < -0.4 is 4.90 Å². The van der Waals surface area contributed by atoms with Gasteiger partial charge >= 0.3 is 5.97 Å². The van der Waals surface area contributed by atoms with E-state index in [1.807, 2.05) is 6.92 Å². The molecule has 0 aromatic heterocycles. The van der Waals surface area contributed by atoms with Gasteiger partial charge in [-0.05, 0) is 42.7 Å². The van der Waals surface area contributed by atoms with Crippen LogP contribution in [0.25, 0.3) is 0 Å². The van der Waals surface area contributed by atoms with Crippen LogP contribution in [0.5, 0.6) is 0 Å². The molecule has 0 bridgehead atoms. The molecule has 5 heteroatoms. The highest BCUT2D eigenvalue weighted by atomic mass is 16.4. The van der Waals surface area contributed by atoms with Gasteiger partial charge < -0.3 is 5.11 Å². The van der Waals surface area contributed by atoms with E-state index in [1.54, 1.807) is 48.5 Å². The Hall–Kier alpha value is -2.95. The number of carbonyl (C=O) groups excluding carboxylic acids is 2. The number of carbonyl (C=O) groups is 3. The molecule has 1 N–H and O–H groups in total. The molecule has 0 fully saturated rings. The van der Waals surface area contributed by atoms with Crippen molar-refractivity contribution in [1.82, 2.24) is 0 Å². The van der Waals surface area contributed by atoms with Crippen molar-refractivity contribution >= 4 is 23.5 Å². The molecule has 1 aliphatic heterocycles. The van der Waals surface area contributed by atoms with Crippen molar-refractivity contribution in [2.45, 2.75) is 32.6 Å². The van der Waals surface area contributed by atoms with Crippen molar-refractivity contribution in [3.8, 4) is 0 Å². The van der Waals surface area contributed by atoms with Crippen molar-refractivity contribution in [2.24, 2.45) is 5.92 Å². The fourth-order valence-corrected chi connectivity index (χ4v) is 3.25. The van der Waals surface area contributed by atoms with E-state index in [0.29, 0.717) is 29.7 Å². The van der Waals surface area contributed by atoms with Crippen LogP contribution >= 0.6 is 0 Å². The van der Waals surface area contributed by atoms with E-state index >= 15 is 0 Å². The predicted octanol–water partition coefficient (Wildman–Crippen LogP) is 3.92. The predicted molar refractivity (Wildman–Crippen MR) is 98.4 cm³/mol. The third-order valence-electron chi connectivity index (χ3n) is 4.73. The molecule has 0 saturated carbocycles. The first-order valence-corrected chi connectivity index (χ1v) is 8.82. The van der Waals surface area contributed by atoms with Gasteiger partial charge in [0.1, 0.15) is 0 Å². The molecule has 0 saturated heterocycles. The zero-order valence-corrected chi connectivity index (χ0v) is 14.6. The molecule has 1 heterocycles. The number of benzene rings is 2. The van der Waals surface area contributed by atoms with E-state index in [2.05, 4.69) is 0 Å². The number of rotatable bonds is 7. The van der Waals surface area contributed by atoms with E-state index in [4.69, 9.17) is 0 Å². The molecular weight excluding hydrogens is 330 g/mol. The van der Waals surface area contributed by atoms with Crippen molar-refractivity contribution in [1.29, 1.82) is 0 Å². The summed E-state index contributed by atoms with van der Waals surface area (Å²) in [6, 6.07) is 13.8. The summed E-state index contributed by atoms with van der Waals surface area (Å²) in [7, 11) is 0. The van der Waals surface area contributed by atoms with Crippen molar-refractivity contribution in [3.05, 3.63) is 65.2 Å². The van der Waals surface area contributed by atoms with Crippen LogP contribution in [0.15, 0.2) is 48.5 Å². The average molecular weight is 351 g/mol. The standard InChI is InChI=1S/C21H21NO4/c1-2-3-6-15(21(25)26)13-14-9-11-16(12-10-14)22-19(23)17-7-4-5-8-18(17)20(22)24/h4-5,7-12,15H,2-3,6,13H2,1H3,(H,25,26). The topological polar surface area (TPSA) is 74.7 Å². The van der Waals surface area contributed by atoms with Crippen LogP contribution in [0.4, 0.5) is 5.69 Å². The Morgan fingerprint density at radius 2 is 1.58 bits per heavy atom. The number of amides is 2. The maximum absolute atomic E-state index is 12.5. The molecule has 26 heavy (non-hydrogen) atoms. The highest BCUT2D eigenvalue weighted by Crippen LogP contribution is 2.28. The molecular formula is C21H21NO4. The first-order valence-electron chi connectivity index (χ1n) is 8.82. The lowest BCUT2D eigenvalue weighted by Gasteiger charge is -2.16. The monoisotopic (exact) mass is 351 g/mol. The molecule has 1 aliphatic rings. The van der Waals surface area contributed by atoms with Crippen LogP contribution in [0.3, 0.4) is 0 Å². The van der Waals surface area contributed by atoms with Crippen LogP contribution in [0.2, 0.25) is 0 Å². The Balaban J connectivity index is 1.77. The molecule has 1 unspecified atom stereocenters. The lowest BCUT2D eigenvalue weighted by molar-refractivity contribution is -0.142. The molecule has 5 nitrogen and oxygen atoms in total. The van der Waals surface area contributed by atoms with Crippen molar-refractivity contribution in [2.75, 3.05) is 4.90 Å². The van der Waals surface area contributed by atoms with E-state index in [0.717, 1.165) is 18.4 Å². The molecule has 2 amide bonds. The summed E-state index contributed by atoms with van der Waals surface area (Å²) in [6.07, 6.45) is 2.93. The number of fused-ring (bicyclic) bond motifs is 1. The maximum atomic E-state index is 12.5. The lowest BCUT2D eigenvalue weighted by Crippen LogP contribution is -2.29. The quantitative estimate of drug-likeness (QED) is 0.767. The van der Waals surface area contributed by atoms with Crippen LogP contribution in [-0.2, 0) is 11.2 Å². The number of aliphatic carboxylic acids is 1. The normalized spacial score (nSPS) is 14.4. The number of imide groups is 1. The first kappa shape index (κ1) is 17.9. The van der Waals surface area contributed by atoms with Crippen molar-refractivity contribution < 1.29 is 19.5 Å². The molecule has 134 valence electrons. The summed E-state index contributed by atoms with van der Waals surface area (Å²) in [5.41, 5.74) is 2.20. The zero-order valence-electron chi connectivity index (χ0n) is 14.6. The third-order valence-corrected chi connectivity index (χ3v) is 4.73. The van der Waals surface area contributed by atoms with Gasteiger partial charge in [0.25, 0.3) is 11.8 Å². The van der Waals surface area contributed by atoms with Gasteiger partial charge in [0.05, 0.1) is 22.7 Å². The van der Waals surface area contributed by atoms with Gasteiger partial charge in [-0.25, -0.2) is 4.90 Å². The van der Waals surface area contributed by atoms with E-state index < -0.39 is 11.9 Å². The summed E-state index contributed by atoms with van der Waals surface area (Å²) in [5, 5.41) is 9.36. The minimum absolute atomic E-state index is 0.329. The minimum Gasteiger partial charge on any atom is -0.481 e. The molecule has 3 rings (SSSR count). The Labute approximate surface area is 152 Å². The number of nitrogens with zero attached hydrogens (tertiary/aromatic N) is 1. The molecule has 1 atom stereocenters. The number of carboxylic acids is 1. The first-order chi connectivity index (χ1) is 12.5. The lowest BCUT2D eigenvalue weighted by atomic mass is 9.94. The molecule has 0 spiro atoms. The highest BCUT2D eigenvalue weighted by molar-refractivity contribution is 6.34. The van der Waals surface area contributed by atoms with Gasteiger partial charge in [-0.2, -0.15) is 0 Å². The summed E-state index contributed by atoms with van der Waals surface area (Å²) in [6.45, 7) is 2.04. The average Bonchev–Trinajstić information content (AvgIpc) is 2.90. The van der Waals surface area contributed by atoms with Gasteiger partial charge in [-0.15, -0.1) is 0 Å². The number of hydrogen-bond acceptors (Lipinski definition) is 3. The number of carboxylic acid groups (broad SMARTS) is 1. The third kappa shape index (κ3) is 3.38. The minimum atomic E-state index is -0.789. The van der Waals surface area contributed by atoms with E-state index in [9.17, 15) is 19.5 Å². The highest BCUT2D eigenvalue weighted by Gasteiger charge is 2.36. The van der Waals surface area contributed by atoms with Crippen LogP contribution in [0, 0.1) is 5.92 Å².